The van der Waals surface area contributed by atoms with Crippen molar-refractivity contribution in [1.29, 1.82) is 0 Å². The van der Waals surface area contributed by atoms with Crippen LogP contribution >= 0.6 is 0 Å². The summed E-state index contributed by atoms with van der Waals surface area (Å²) in [5.41, 5.74) is 1.60. The highest BCUT2D eigenvalue weighted by Crippen LogP contribution is 2.33. The Kier molecular flexibility index (Phi) is 3.31. The lowest BCUT2D eigenvalue weighted by atomic mass is 10.0. The highest BCUT2D eigenvalue weighted by Gasteiger charge is 2.41. The Morgan fingerprint density at radius 3 is 2.40 bits per heavy atom. The van der Waals surface area contributed by atoms with E-state index in [-0.39, 0.29) is 0 Å². The van der Waals surface area contributed by atoms with E-state index >= 15 is 0 Å². The van der Waals surface area contributed by atoms with Crippen molar-refractivity contribution < 1.29 is 17.6 Å². The molecular formula is C9H10F4N2. The van der Waals surface area contributed by atoms with Crippen molar-refractivity contribution in [1.82, 2.24) is 5.43 Å². The lowest BCUT2D eigenvalue weighted by molar-refractivity contribution is -0.158. The zero-order valence-corrected chi connectivity index (χ0v) is 7.90. The first kappa shape index (κ1) is 11.9. The fourth-order valence-electron chi connectivity index (χ4n) is 1.24. The van der Waals surface area contributed by atoms with Gasteiger partial charge in [0, 0.05) is 5.56 Å². The molecule has 1 atom stereocenters. The normalized spacial score (nSPS) is 14.0. The summed E-state index contributed by atoms with van der Waals surface area (Å²) >= 11 is 0. The van der Waals surface area contributed by atoms with Gasteiger partial charge in [0.2, 0.25) is 0 Å². The Morgan fingerprint density at radius 1 is 1.33 bits per heavy atom. The van der Waals surface area contributed by atoms with Gasteiger partial charge in [-0.25, -0.2) is 9.82 Å². The molecule has 0 amide bonds. The first-order valence-corrected chi connectivity index (χ1v) is 4.15. The molecule has 1 aromatic rings. The van der Waals surface area contributed by atoms with E-state index in [4.69, 9.17) is 5.84 Å². The molecule has 0 spiro atoms. The van der Waals surface area contributed by atoms with Crippen LogP contribution in [0.3, 0.4) is 0 Å². The molecule has 2 nitrogen and oxygen atoms in total. The Balaban J connectivity index is 3.18. The summed E-state index contributed by atoms with van der Waals surface area (Å²) in [6.07, 6.45) is -4.62. The molecule has 0 radical (unpaired) electrons. The predicted octanol–water partition coefficient (Wildman–Crippen LogP) is 2.20. The first-order chi connectivity index (χ1) is 6.86. The highest BCUT2D eigenvalue weighted by atomic mass is 19.4. The van der Waals surface area contributed by atoms with Gasteiger partial charge in [0.15, 0.2) is 0 Å². The van der Waals surface area contributed by atoms with Crippen LogP contribution in [0.15, 0.2) is 18.2 Å². The van der Waals surface area contributed by atoms with Crippen LogP contribution in [-0.4, -0.2) is 6.18 Å². The average molecular weight is 222 g/mol. The molecule has 0 aliphatic rings. The monoisotopic (exact) mass is 222 g/mol. The lowest BCUT2D eigenvalue weighted by Gasteiger charge is -2.20. The van der Waals surface area contributed by atoms with E-state index in [9.17, 15) is 17.6 Å². The number of hydrazine groups is 1. The molecule has 0 fully saturated rings. The van der Waals surface area contributed by atoms with E-state index in [2.05, 4.69) is 0 Å². The molecular weight excluding hydrogens is 212 g/mol. The lowest BCUT2D eigenvalue weighted by Crippen LogP contribution is -2.39. The number of alkyl halides is 3. The van der Waals surface area contributed by atoms with Crippen LogP contribution in [0.4, 0.5) is 17.6 Å². The maximum absolute atomic E-state index is 13.1. The van der Waals surface area contributed by atoms with Crippen molar-refractivity contribution in [2.45, 2.75) is 19.1 Å². The summed E-state index contributed by atoms with van der Waals surface area (Å²) < 4.78 is 50.4. The Morgan fingerprint density at radius 2 is 1.93 bits per heavy atom. The number of nitrogens with one attached hydrogen (secondary N) is 1. The van der Waals surface area contributed by atoms with Gasteiger partial charge in [-0.15, -0.1) is 0 Å². The summed E-state index contributed by atoms with van der Waals surface area (Å²) in [5, 5.41) is 0. The van der Waals surface area contributed by atoms with Gasteiger partial charge in [0.25, 0.3) is 0 Å². The van der Waals surface area contributed by atoms with Gasteiger partial charge >= 0.3 is 6.18 Å². The van der Waals surface area contributed by atoms with Crippen LogP contribution in [-0.2, 0) is 0 Å². The predicted molar refractivity (Wildman–Crippen MR) is 47.3 cm³/mol. The molecule has 1 aromatic carbocycles. The number of rotatable bonds is 2. The molecule has 0 aliphatic heterocycles. The van der Waals surface area contributed by atoms with Crippen molar-refractivity contribution in [3.63, 3.8) is 0 Å². The van der Waals surface area contributed by atoms with Gasteiger partial charge in [0.1, 0.15) is 11.9 Å². The van der Waals surface area contributed by atoms with E-state index in [0.717, 1.165) is 12.1 Å². The quantitative estimate of drug-likeness (QED) is 0.457. The van der Waals surface area contributed by atoms with Crippen molar-refractivity contribution in [3.8, 4) is 0 Å². The van der Waals surface area contributed by atoms with E-state index < -0.39 is 23.6 Å². The van der Waals surface area contributed by atoms with Crippen molar-refractivity contribution in [2.75, 3.05) is 0 Å². The number of hydrogen-bond donors (Lipinski definition) is 2. The molecule has 0 aromatic heterocycles. The third kappa shape index (κ3) is 2.66. The summed E-state index contributed by atoms with van der Waals surface area (Å²) in [6.45, 7) is 1.58. The molecule has 0 heterocycles. The SMILES string of the molecule is Cc1ccc(F)c(C(NN)C(F)(F)F)c1. The largest absolute Gasteiger partial charge is 0.409 e. The zero-order valence-electron chi connectivity index (χ0n) is 7.90. The molecule has 84 valence electrons. The number of benzene rings is 1. The number of aryl methyl sites for hydroxylation is 1. The second-order valence-electron chi connectivity index (χ2n) is 3.17. The van der Waals surface area contributed by atoms with Crippen LogP contribution in [0.5, 0.6) is 0 Å². The summed E-state index contributed by atoms with van der Waals surface area (Å²) in [4.78, 5) is 0. The standard InChI is InChI=1S/C9H10F4N2/c1-5-2-3-7(10)6(4-5)8(15-14)9(11,12)13/h2-4,8,15H,14H2,1H3. The highest BCUT2D eigenvalue weighted by molar-refractivity contribution is 5.27. The van der Waals surface area contributed by atoms with Crippen LogP contribution in [0, 0.1) is 12.7 Å². The van der Waals surface area contributed by atoms with Crippen molar-refractivity contribution >= 4 is 0 Å². The van der Waals surface area contributed by atoms with E-state index in [1.54, 1.807) is 12.3 Å². The number of nitrogens with two attached hydrogens (primary N) is 1. The van der Waals surface area contributed by atoms with Crippen LogP contribution in [0.2, 0.25) is 0 Å². The van der Waals surface area contributed by atoms with Gasteiger partial charge < -0.3 is 0 Å². The molecule has 1 unspecified atom stereocenters. The molecule has 0 saturated carbocycles. The van der Waals surface area contributed by atoms with Gasteiger partial charge in [-0.3, -0.25) is 5.84 Å². The van der Waals surface area contributed by atoms with Crippen LogP contribution < -0.4 is 11.3 Å². The maximum atomic E-state index is 13.1. The number of halogens is 4. The Bertz CT molecular complexity index is 348. The molecule has 0 saturated heterocycles. The molecule has 0 bridgehead atoms. The molecule has 6 heteroatoms. The molecule has 0 aliphatic carbocycles. The van der Waals surface area contributed by atoms with Gasteiger partial charge in [-0.1, -0.05) is 17.7 Å². The Hall–Kier alpha value is -1.14. The summed E-state index contributed by atoms with van der Waals surface area (Å²) in [6, 6.07) is 1.31. The van der Waals surface area contributed by atoms with Crippen molar-refractivity contribution in [2.24, 2.45) is 5.84 Å². The molecule has 15 heavy (non-hydrogen) atoms. The third-order valence-corrected chi connectivity index (χ3v) is 1.96. The maximum Gasteiger partial charge on any atom is 0.409 e. The molecule has 1 rings (SSSR count). The minimum atomic E-state index is -4.62. The minimum Gasteiger partial charge on any atom is -0.271 e. The molecule has 3 N–H and O–H groups in total. The van der Waals surface area contributed by atoms with Gasteiger partial charge in [0.05, 0.1) is 0 Å². The number of hydrogen-bond acceptors (Lipinski definition) is 2. The fraction of sp³-hybridized carbons (Fsp3) is 0.333. The van der Waals surface area contributed by atoms with Gasteiger partial charge in [-0.2, -0.15) is 13.2 Å². The Labute approximate surface area is 84.0 Å². The zero-order chi connectivity index (χ0) is 11.6. The second-order valence-corrected chi connectivity index (χ2v) is 3.17. The van der Waals surface area contributed by atoms with E-state index in [1.807, 2.05) is 0 Å². The average Bonchev–Trinajstić information content (AvgIpc) is 2.10. The smallest absolute Gasteiger partial charge is 0.271 e. The van der Waals surface area contributed by atoms with E-state index in [1.165, 1.54) is 6.07 Å². The summed E-state index contributed by atoms with van der Waals surface area (Å²) in [5.74, 6) is 3.84. The van der Waals surface area contributed by atoms with Crippen LogP contribution in [0.25, 0.3) is 0 Å². The minimum absolute atomic E-state index is 0.495. The summed E-state index contributed by atoms with van der Waals surface area (Å²) in [7, 11) is 0. The third-order valence-electron chi connectivity index (χ3n) is 1.96. The second kappa shape index (κ2) is 4.16. The van der Waals surface area contributed by atoms with Gasteiger partial charge in [-0.05, 0) is 13.0 Å². The van der Waals surface area contributed by atoms with E-state index in [0.29, 0.717) is 5.56 Å². The fourth-order valence-corrected chi connectivity index (χ4v) is 1.24. The first-order valence-electron chi connectivity index (χ1n) is 4.15. The van der Waals surface area contributed by atoms with Crippen LogP contribution in [0.1, 0.15) is 17.2 Å². The topological polar surface area (TPSA) is 38.0 Å². The van der Waals surface area contributed by atoms with Crippen molar-refractivity contribution in [3.05, 3.63) is 35.1 Å².